The van der Waals surface area contributed by atoms with Crippen LogP contribution in [-0.2, 0) is 0 Å². The van der Waals surface area contributed by atoms with Gasteiger partial charge in [0.15, 0.2) is 11.6 Å². The number of phenolic OH excluding ortho intramolecular Hbond substituents is 1. The number of benzene rings is 1. The Kier molecular flexibility index (Phi) is 8.27. The van der Waals surface area contributed by atoms with Gasteiger partial charge >= 0.3 is 0 Å². The minimum atomic E-state index is -0.587. The normalized spacial score (nSPS) is 16.3. The summed E-state index contributed by atoms with van der Waals surface area (Å²) in [6.45, 7) is 3.55. The predicted molar refractivity (Wildman–Crippen MR) is 101 cm³/mol. The van der Waals surface area contributed by atoms with E-state index in [2.05, 4.69) is 26.1 Å². The molecule has 1 aromatic heterocycles. The lowest BCUT2D eigenvalue weighted by Gasteiger charge is -2.35. The van der Waals surface area contributed by atoms with Gasteiger partial charge in [0.25, 0.3) is 0 Å². The molecule has 2 aromatic rings. The van der Waals surface area contributed by atoms with Crippen LogP contribution >= 0.6 is 52.1 Å². The molecule has 1 fully saturated rings. The fourth-order valence-corrected chi connectivity index (χ4v) is 4.04. The van der Waals surface area contributed by atoms with E-state index < -0.39 is 5.82 Å². The van der Waals surface area contributed by atoms with Crippen LogP contribution in [-0.4, -0.2) is 36.2 Å². The first-order chi connectivity index (χ1) is 10.2. The molecule has 2 heterocycles. The molecule has 0 unspecified atom stereocenters. The van der Waals surface area contributed by atoms with E-state index in [1.807, 2.05) is 23.6 Å². The molecule has 0 amide bonds. The van der Waals surface area contributed by atoms with Gasteiger partial charge in [0.05, 0.1) is 6.04 Å². The van der Waals surface area contributed by atoms with E-state index in [9.17, 15) is 9.50 Å². The summed E-state index contributed by atoms with van der Waals surface area (Å²) >= 11 is 4.95. The topological polar surface area (TPSA) is 35.5 Å². The zero-order valence-corrected chi connectivity index (χ0v) is 16.2. The molecular formula is C15H18BrCl2FN2OS. The molecule has 1 aromatic carbocycles. The molecule has 0 bridgehead atoms. The Balaban J connectivity index is 0.00000132. The average Bonchev–Trinajstić information content (AvgIpc) is 2.99. The first-order valence-electron chi connectivity index (χ1n) is 6.83. The first kappa shape index (κ1) is 20.7. The molecule has 8 heteroatoms. The van der Waals surface area contributed by atoms with Gasteiger partial charge in [-0.15, -0.1) is 36.2 Å². The van der Waals surface area contributed by atoms with Gasteiger partial charge in [0, 0.05) is 41.1 Å². The van der Waals surface area contributed by atoms with Crippen molar-refractivity contribution in [2.75, 3.05) is 26.2 Å². The third-order valence-corrected chi connectivity index (χ3v) is 5.06. The Hall–Kier alpha value is -0.370. The van der Waals surface area contributed by atoms with Crippen LogP contribution in [0.15, 0.2) is 34.1 Å². The van der Waals surface area contributed by atoms with Crippen LogP contribution in [0.1, 0.15) is 16.5 Å². The van der Waals surface area contributed by atoms with Crippen LogP contribution in [0.25, 0.3) is 0 Å². The van der Waals surface area contributed by atoms with Crippen molar-refractivity contribution < 1.29 is 9.50 Å². The summed E-state index contributed by atoms with van der Waals surface area (Å²) in [6, 6.07) is 7.02. The summed E-state index contributed by atoms with van der Waals surface area (Å²) in [5.74, 6) is -0.841. The maximum atomic E-state index is 13.9. The van der Waals surface area contributed by atoms with Crippen molar-refractivity contribution in [1.29, 1.82) is 0 Å². The molecule has 0 radical (unpaired) electrons. The average molecular weight is 444 g/mol. The Morgan fingerprint density at radius 1 is 1.26 bits per heavy atom. The standard InChI is InChI=1S/C15H16BrFN2OS.2ClH/c16-10-8-11(15(20)12(17)9-10)14(13-2-1-7-21-13)19-5-3-18-4-6-19;;/h1-2,7-9,14,18,20H,3-6H2;2*1H/t14-;;/m0../s1. The minimum Gasteiger partial charge on any atom is -0.505 e. The molecule has 3 rings (SSSR count). The van der Waals surface area contributed by atoms with Gasteiger partial charge in [-0.2, -0.15) is 0 Å². The van der Waals surface area contributed by atoms with E-state index in [4.69, 9.17) is 0 Å². The summed E-state index contributed by atoms with van der Waals surface area (Å²) in [5.41, 5.74) is 0.617. The van der Waals surface area contributed by atoms with Crippen LogP contribution < -0.4 is 5.32 Å². The molecule has 128 valence electrons. The van der Waals surface area contributed by atoms with Crippen molar-refractivity contribution >= 4 is 52.1 Å². The molecule has 0 spiro atoms. The highest BCUT2D eigenvalue weighted by molar-refractivity contribution is 9.10. The molecule has 2 N–H and O–H groups in total. The van der Waals surface area contributed by atoms with Gasteiger partial charge in [0.1, 0.15) is 0 Å². The van der Waals surface area contributed by atoms with Crippen LogP contribution in [0.4, 0.5) is 4.39 Å². The summed E-state index contributed by atoms with van der Waals surface area (Å²) in [4.78, 5) is 3.40. The number of hydrogen-bond donors (Lipinski definition) is 2. The summed E-state index contributed by atoms with van der Waals surface area (Å²) < 4.78 is 14.5. The van der Waals surface area contributed by atoms with E-state index >= 15 is 0 Å². The second-order valence-electron chi connectivity index (χ2n) is 5.03. The first-order valence-corrected chi connectivity index (χ1v) is 8.50. The van der Waals surface area contributed by atoms with Crippen LogP contribution in [0.2, 0.25) is 0 Å². The fraction of sp³-hybridized carbons (Fsp3) is 0.333. The summed E-state index contributed by atoms with van der Waals surface area (Å²) in [7, 11) is 0. The predicted octanol–water partition coefficient (Wildman–Crippen LogP) is 4.19. The SMILES string of the molecule is Cl.Cl.Oc1c(F)cc(Br)cc1[C@@H](c1cccs1)N1CCNCC1. The third kappa shape index (κ3) is 4.59. The highest BCUT2D eigenvalue weighted by Crippen LogP contribution is 2.39. The van der Waals surface area contributed by atoms with Gasteiger partial charge in [0.2, 0.25) is 0 Å². The number of halogens is 4. The molecule has 3 nitrogen and oxygen atoms in total. The highest BCUT2D eigenvalue weighted by atomic mass is 79.9. The number of rotatable bonds is 3. The smallest absolute Gasteiger partial charge is 0.166 e. The van der Waals surface area contributed by atoms with Gasteiger partial charge in [-0.3, -0.25) is 4.90 Å². The third-order valence-electron chi connectivity index (χ3n) is 3.68. The number of thiophene rings is 1. The van der Waals surface area contributed by atoms with Crippen molar-refractivity contribution in [2.45, 2.75) is 6.04 Å². The lowest BCUT2D eigenvalue weighted by molar-refractivity contribution is 0.197. The molecule has 0 aliphatic carbocycles. The van der Waals surface area contributed by atoms with E-state index in [1.54, 1.807) is 11.3 Å². The number of piperazine rings is 1. The maximum absolute atomic E-state index is 13.9. The van der Waals surface area contributed by atoms with E-state index in [1.165, 1.54) is 6.07 Å². The lowest BCUT2D eigenvalue weighted by atomic mass is 10.0. The molecule has 23 heavy (non-hydrogen) atoms. The largest absolute Gasteiger partial charge is 0.505 e. The molecule has 1 aliphatic rings. The number of aromatic hydroxyl groups is 1. The monoisotopic (exact) mass is 442 g/mol. The van der Waals surface area contributed by atoms with Crippen molar-refractivity contribution in [1.82, 2.24) is 10.2 Å². The summed E-state index contributed by atoms with van der Waals surface area (Å²) in [6.07, 6.45) is 0. The molecular weight excluding hydrogens is 426 g/mol. The quantitative estimate of drug-likeness (QED) is 0.746. The van der Waals surface area contributed by atoms with Crippen molar-refractivity contribution in [3.8, 4) is 5.75 Å². The lowest BCUT2D eigenvalue weighted by Crippen LogP contribution is -2.45. The zero-order valence-electron chi connectivity index (χ0n) is 12.2. The van der Waals surface area contributed by atoms with Gasteiger partial charge < -0.3 is 10.4 Å². The number of phenols is 1. The Bertz CT molecular complexity index is 624. The summed E-state index contributed by atoms with van der Waals surface area (Å²) in [5, 5.41) is 15.5. The molecule has 1 saturated heterocycles. The van der Waals surface area contributed by atoms with Crippen LogP contribution in [0, 0.1) is 5.82 Å². The van der Waals surface area contributed by atoms with Gasteiger partial charge in [-0.05, 0) is 23.6 Å². The Morgan fingerprint density at radius 3 is 2.57 bits per heavy atom. The van der Waals surface area contributed by atoms with Crippen LogP contribution in [0.3, 0.4) is 0 Å². The number of nitrogens with one attached hydrogen (secondary N) is 1. The second-order valence-corrected chi connectivity index (χ2v) is 6.92. The minimum absolute atomic E-state index is 0. The Morgan fingerprint density at radius 2 is 1.96 bits per heavy atom. The van der Waals surface area contributed by atoms with Crippen molar-refractivity contribution in [3.63, 3.8) is 0 Å². The second kappa shape index (κ2) is 9.20. The van der Waals surface area contributed by atoms with E-state index in [0.29, 0.717) is 10.0 Å². The van der Waals surface area contributed by atoms with Gasteiger partial charge in [-0.1, -0.05) is 22.0 Å². The van der Waals surface area contributed by atoms with Crippen molar-refractivity contribution in [3.05, 3.63) is 50.4 Å². The molecule has 1 aliphatic heterocycles. The van der Waals surface area contributed by atoms with Crippen molar-refractivity contribution in [2.24, 2.45) is 0 Å². The van der Waals surface area contributed by atoms with Crippen LogP contribution in [0.5, 0.6) is 5.75 Å². The molecule has 0 saturated carbocycles. The fourth-order valence-electron chi connectivity index (χ4n) is 2.71. The number of nitrogens with zero attached hydrogens (tertiary/aromatic N) is 1. The van der Waals surface area contributed by atoms with E-state index in [-0.39, 0.29) is 36.6 Å². The Labute approximate surface area is 159 Å². The molecule has 1 atom stereocenters. The van der Waals surface area contributed by atoms with Gasteiger partial charge in [-0.25, -0.2) is 4.39 Å². The highest BCUT2D eigenvalue weighted by Gasteiger charge is 2.28. The maximum Gasteiger partial charge on any atom is 0.166 e. The zero-order chi connectivity index (χ0) is 14.8. The van der Waals surface area contributed by atoms with E-state index in [0.717, 1.165) is 31.1 Å². The number of hydrogen-bond acceptors (Lipinski definition) is 4.